The van der Waals surface area contributed by atoms with Gasteiger partial charge in [0, 0.05) is 0 Å². The van der Waals surface area contributed by atoms with Crippen molar-refractivity contribution in [2.75, 3.05) is 0 Å². The van der Waals surface area contributed by atoms with Gasteiger partial charge in [0.15, 0.2) is 0 Å². The predicted octanol–water partition coefficient (Wildman–Crippen LogP) is 0.828. The molecule has 0 radical (unpaired) electrons. The molecule has 0 rings (SSSR count). The minimum Gasteiger partial charge on any atom is -0.679 e. The van der Waals surface area contributed by atoms with Crippen LogP contribution in [-0.2, 0) is 0 Å². The van der Waals surface area contributed by atoms with Crippen LogP contribution in [0.3, 0.4) is 0 Å². The standard InChI is InChI=1S/C8H20NSi.Li/c1-7(2)10(6,9)8(3,4)5;/h7,9H,1-6H3;/q-1;+1. The van der Waals surface area contributed by atoms with Crippen molar-refractivity contribution in [3.8, 4) is 0 Å². The molecule has 0 aromatic carbocycles. The Bertz CT molecular complexity index is 116. The number of rotatable bonds is 1. The van der Waals surface area contributed by atoms with Gasteiger partial charge in [0.2, 0.25) is 0 Å². The van der Waals surface area contributed by atoms with Gasteiger partial charge >= 0.3 is 18.9 Å². The third-order valence-electron chi connectivity index (χ3n) is 2.71. The van der Waals surface area contributed by atoms with Crippen LogP contribution < -0.4 is 18.9 Å². The van der Waals surface area contributed by atoms with Gasteiger partial charge in [-0.1, -0.05) is 60.0 Å². The van der Waals surface area contributed by atoms with Crippen molar-refractivity contribution < 1.29 is 18.9 Å². The molecular weight excluding hydrogens is 145 g/mol. The maximum Gasteiger partial charge on any atom is 1.00 e. The molecule has 1 nitrogen and oxygen atoms in total. The zero-order valence-electron chi connectivity index (χ0n) is 9.08. The molecule has 0 aliphatic rings. The molecule has 0 saturated heterocycles. The summed E-state index contributed by atoms with van der Waals surface area (Å²) in [7, 11) is -1.73. The molecule has 1 N–H and O–H groups in total. The second kappa shape index (κ2) is 4.14. The van der Waals surface area contributed by atoms with Crippen LogP contribution in [-0.4, -0.2) is 8.24 Å². The minimum atomic E-state index is -1.73. The van der Waals surface area contributed by atoms with Gasteiger partial charge in [0.1, 0.15) is 0 Å². The fraction of sp³-hybridized carbons (Fsp3) is 1.00. The van der Waals surface area contributed by atoms with Crippen LogP contribution in [0.15, 0.2) is 0 Å². The van der Waals surface area contributed by atoms with Crippen molar-refractivity contribution in [2.45, 2.75) is 51.7 Å². The average Bonchev–Trinajstić information content (AvgIpc) is 1.62. The molecule has 0 fully saturated rings. The van der Waals surface area contributed by atoms with Crippen molar-refractivity contribution in [1.29, 1.82) is 0 Å². The van der Waals surface area contributed by atoms with Crippen molar-refractivity contribution in [2.24, 2.45) is 0 Å². The Balaban J connectivity index is 0. The Hall–Kier alpha value is 0.774. The van der Waals surface area contributed by atoms with Crippen LogP contribution in [0.2, 0.25) is 17.1 Å². The Morgan fingerprint density at radius 2 is 1.45 bits per heavy atom. The molecular formula is C8H20LiNSi. The SMILES string of the molecule is CC(C)[Si](C)([NH-])C(C)(C)C.[Li+]. The molecule has 0 heterocycles. The summed E-state index contributed by atoms with van der Waals surface area (Å²) in [6.45, 7) is 13.1. The third kappa shape index (κ3) is 3.33. The normalized spacial score (nSPS) is 17.5. The summed E-state index contributed by atoms with van der Waals surface area (Å²) in [6.07, 6.45) is 0. The molecule has 0 aromatic heterocycles. The summed E-state index contributed by atoms with van der Waals surface area (Å²) >= 11 is 0. The fourth-order valence-electron chi connectivity index (χ4n) is 0.866. The quantitative estimate of drug-likeness (QED) is 0.514. The van der Waals surface area contributed by atoms with Gasteiger partial charge in [-0.2, -0.15) is 0 Å². The smallest absolute Gasteiger partial charge is 0.679 e. The second-order valence-electron chi connectivity index (χ2n) is 4.61. The molecule has 0 amide bonds. The molecule has 0 aromatic rings. The maximum atomic E-state index is 8.17. The van der Waals surface area contributed by atoms with E-state index in [9.17, 15) is 0 Å². The summed E-state index contributed by atoms with van der Waals surface area (Å²) in [5.74, 6) is 0. The minimum absolute atomic E-state index is 0. The van der Waals surface area contributed by atoms with E-state index in [0.29, 0.717) is 5.54 Å². The second-order valence-corrected chi connectivity index (χ2v) is 9.67. The zero-order chi connectivity index (χ0) is 8.58. The van der Waals surface area contributed by atoms with E-state index in [1.54, 1.807) is 0 Å². The topological polar surface area (TPSA) is 23.8 Å². The first-order chi connectivity index (χ1) is 4.19. The largest absolute Gasteiger partial charge is 1.00 e. The van der Waals surface area contributed by atoms with Gasteiger partial charge in [-0.3, -0.25) is 0 Å². The Morgan fingerprint density at radius 3 is 1.45 bits per heavy atom. The zero-order valence-corrected chi connectivity index (χ0v) is 10.1. The van der Waals surface area contributed by atoms with Gasteiger partial charge < -0.3 is 5.40 Å². The van der Waals surface area contributed by atoms with Crippen molar-refractivity contribution in [3.05, 3.63) is 5.40 Å². The van der Waals surface area contributed by atoms with E-state index in [-0.39, 0.29) is 23.9 Å². The predicted molar refractivity (Wildman–Crippen MR) is 50.8 cm³/mol. The van der Waals surface area contributed by atoms with Crippen molar-refractivity contribution in [3.63, 3.8) is 0 Å². The van der Waals surface area contributed by atoms with Gasteiger partial charge in [-0.25, -0.2) is 0 Å². The first-order valence-electron chi connectivity index (χ1n) is 3.94. The van der Waals surface area contributed by atoms with Crippen LogP contribution >= 0.6 is 0 Å². The molecule has 11 heavy (non-hydrogen) atoms. The summed E-state index contributed by atoms with van der Waals surface area (Å²) in [5, 5.41) is 8.39. The van der Waals surface area contributed by atoms with Crippen molar-refractivity contribution >= 4 is 8.24 Å². The number of hydrogen-bond donors (Lipinski definition) is 0. The van der Waals surface area contributed by atoms with E-state index in [1.807, 2.05) is 0 Å². The molecule has 0 aliphatic heterocycles. The number of hydrogen-bond acceptors (Lipinski definition) is 0. The summed E-state index contributed by atoms with van der Waals surface area (Å²) in [6, 6.07) is 0. The van der Waals surface area contributed by atoms with Crippen LogP contribution in [0.4, 0.5) is 0 Å². The van der Waals surface area contributed by atoms with E-state index >= 15 is 0 Å². The molecule has 0 saturated carbocycles. The first-order valence-corrected chi connectivity index (χ1v) is 6.52. The van der Waals surface area contributed by atoms with Crippen LogP contribution in [0, 0.1) is 0 Å². The molecule has 1 unspecified atom stereocenters. The first kappa shape index (κ1) is 14.3. The van der Waals surface area contributed by atoms with Gasteiger partial charge in [-0.05, 0) is 0 Å². The monoisotopic (exact) mass is 165 g/mol. The fourth-order valence-corrected chi connectivity index (χ4v) is 2.60. The van der Waals surface area contributed by atoms with E-state index in [4.69, 9.17) is 5.40 Å². The van der Waals surface area contributed by atoms with Gasteiger partial charge in [0.25, 0.3) is 0 Å². The van der Waals surface area contributed by atoms with Gasteiger partial charge in [0.05, 0.1) is 0 Å². The van der Waals surface area contributed by atoms with Crippen LogP contribution in [0.1, 0.15) is 34.6 Å². The molecule has 0 aliphatic carbocycles. The molecule has 1 atom stereocenters. The molecule has 0 spiro atoms. The molecule has 62 valence electrons. The Kier molecular flexibility index (Phi) is 5.38. The number of nitrogens with one attached hydrogen (secondary N) is 1. The van der Waals surface area contributed by atoms with E-state index in [0.717, 1.165) is 0 Å². The van der Waals surface area contributed by atoms with Gasteiger partial charge in [-0.15, -0.1) is 0 Å². The third-order valence-corrected chi connectivity index (χ3v) is 8.14. The van der Waals surface area contributed by atoms with Crippen molar-refractivity contribution in [1.82, 2.24) is 0 Å². The summed E-state index contributed by atoms with van der Waals surface area (Å²) in [4.78, 5) is 0. The average molecular weight is 165 g/mol. The molecule has 3 heteroatoms. The Morgan fingerprint density at radius 1 is 1.18 bits per heavy atom. The summed E-state index contributed by atoms with van der Waals surface area (Å²) in [5.41, 5.74) is 0.562. The summed E-state index contributed by atoms with van der Waals surface area (Å²) < 4.78 is 0. The Labute approximate surface area is 84.4 Å². The van der Waals surface area contributed by atoms with Crippen LogP contribution in [0.25, 0.3) is 5.40 Å². The molecule has 0 bridgehead atoms. The van der Waals surface area contributed by atoms with E-state index in [1.165, 1.54) is 0 Å². The van der Waals surface area contributed by atoms with E-state index < -0.39 is 8.24 Å². The van der Waals surface area contributed by atoms with E-state index in [2.05, 4.69) is 41.2 Å². The van der Waals surface area contributed by atoms with Crippen LogP contribution in [0.5, 0.6) is 0 Å². The maximum absolute atomic E-state index is 8.17.